The zero-order chi connectivity index (χ0) is 19.0. The first-order valence-corrected chi connectivity index (χ1v) is 9.37. The van der Waals surface area contributed by atoms with Gasteiger partial charge in [-0.1, -0.05) is 18.2 Å². The number of allylic oxidation sites excluding steroid dienone is 1. The molecule has 2 bridgehead atoms. The average molecular weight is 374 g/mol. The van der Waals surface area contributed by atoms with Crippen molar-refractivity contribution in [3.05, 3.63) is 41.5 Å². The van der Waals surface area contributed by atoms with Gasteiger partial charge in [0.2, 0.25) is 0 Å². The lowest BCUT2D eigenvalue weighted by Crippen LogP contribution is -2.48. The molecule has 0 aromatic heterocycles. The summed E-state index contributed by atoms with van der Waals surface area (Å²) in [7, 11) is 4.71. The van der Waals surface area contributed by atoms with Gasteiger partial charge in [-0.2, -0.15) is 0 Å². The molecule has 1 aromatic carbocycles. The van der Waals surface area contributed by atoms with Gasteiger partial charge in [0.25, 0.3) is 0 Å². The Morgan fingerprint density at radius 3 is 2.67 bits per heavy atom. The van der Waals surface area contributed by atoms with Crippen molar-refractivity contribution in [2.24, 2.45) is 11.8 Å². The van der Waals surface area contributed by atoms with Gasteiger partial charge in [-0.05, 0) is 36.1 Å². The third kappa shape index (κ3) is 3.06. The fraction of sp³-hybridized carbons (Fsp3) is 0.571. The average Bonchev–Trinajstić information content (AvgIpc) is 3.02. The summed E-state index contributed by atoms with van der Waals surface area (Å²) in [5, 5.41) is 0. The van der Waals surface area contributed by atoms with E-state index in [4.69, 9.17) is 23.7 Å². The van der Waals surface area contributed by atoms with Crippen molar-refractivity contribution >= 4 is 5.97 Å². The number of methoxy groups -OCH3 is 3. The molecule has 1 aromatic rings. The van der Waals surface area contributed by atoms with Gasteiger partial charge in [-0.25, -0.2) is 0 Å². The Balaban J connectivity index is 1.57. The lowest BCUT2D eigenvalue weighted by atomic mass is 9.81. The second kappa shape index (κ2) is 7.26. The summed E-state index contributed by atoms with van der Waals surface area (Å²) in [5.74, 6) is -0.478. The number of rotatable bonds is 6. The minimum absolute atomic E-state index is 0.141. The quantitative estimate of drug-likeness (QED) is 0.564. The van der Waals surface area contributed by atoms with E-state index in [0.717, 1.165) is 29.7 Å². The van der Waals surface area contributed by atoms with Gasteiger partial charge in [-0.15, -0.1) is 0 Å². The van der Waals surface area contributed by atoms with E-state index >= 15 is 0 Å². The Kier molecular flexibility index (Phi) is 4.97. The molecule has 1 aliphatic carbocycles. The third-order valence-electron chi connectivity index (χ3n) is 6.06. The maximum atomic E-state index is 12.4. The molecule has 2 saturated heterocycles. The second-order valence-electron chi connectivity index (χ2n) is 7.36. The number of carbonyl (C=O) groups is 1. The highest BCUT2D eigenvalue weighted by molar-refractivity contribution is 5.76. The molecule has 6 nitrogen and oxygen atoms in total. The number of hydrogen-bond donors (Lipinski definition) is 0. The molecule has 0 saturated carbocycles. The van der Waals surface area contributed by atoms with Gasteiger partial charge in [0.05, 0.1) is 32.8 Å². The van der Waals surface area contributed by atoms with Crippen LogP contribution in [0.5, 0.6) is 5.75 Å². The number of ether oxygens (including phenoxy) is 5. The lowest BCUT2D eigenvalue weighted by Gasteiger charge is -2.39. The lowest BCUT2D eigenvalue weighted by molar-refractivity contribution is -0.269. The van der Waals surface area contributed by atoms with Crippen LogP contribution in [0.3, 0.4) is 0 Å². The van der Waals surface area contributed by atoms with Crippen molar-refractivity contribution in [3.8, 4) is 5.75 Å². The molecule has 2 aliphatic heterocycles. The molecule has 2 heterocycles. The van der Waals surface area contributed by atoms with Crippen LogP contribution in [-0.2, 0) is 30.3 Å². The predicted octanol–water partition coefficient (Wildman–Crippen LogP) is 2.85. The molecular formula is C21H26O6. The minimum atomic E-state index is -0.914. The van der Waals surface area contributed by atoms with E-state index in [1.807, 2.05) is 24.3 Å². The summed E-state index contributed by atoms with van der Waals surface area (Å²) in [6, 6.07) is 7.82. The molecule has 0 unspecified atom stereocenters. The molecule has 0 radical (unpaired) electrons. The first kappa shape index (κ1) is 18.5. The standard InChI is InChI=1S/C21H26O6/c1-23-14-9-7-13(8-10-14)12-26-19-16-6-4-5-15-17(20(22)24-2)11-21(19,25-3)27-18(15)16/h5,7-10,16-19H,4,6,11-12H2,1-3H3/t16-,17-,18-,19+,21+/m0/s1. The summed E-state index contributed by atoms with van der Waals surface area (Å²) in [6.07, 6.45) is 4.05. The number of carbonyl (C=O) groups excluding carboxylic acids is 1. The highest BCUT2D eigenvalue weighted by atomic mass is 16.7. The fourth-order valence-corrected chi connectivity index (χ4v) is 4.71. The number of benzene rings is 1. The van der Waals surface area contributed by atoms with Crippen LogP contribution < -0.4 is 4.74 Å². The Hall–Kier alpha value is -1.89. The van der Waals surface area contributed by atoms with E-state index < -0.39 is 5.79 Å². The largest absolute Gasteiger partial charge is 0.497 e. The van der Waals surface area contributed by atoms with Gasteiger partial charge in [0.1, 0.15) is 11.9 Å². The molecule has 4 rings (SSSR count). The molecule has 146 valence electrons. The SMILES string of the molecule is COC(=O)[C@H]1C[C@@]2(OC)O[C@H]3C1=CCC[C@@H]3[C@H]2OCc1ccc(OC)cc1. The van der Waals surface area contributed by atoms with Crippen LogP contribution in [0, 0.1) is 11.8 Å². The first-order chi connectivity index (χ1) is 13.1. The van der Waals surface area contributed by atoms with Crippen LogP contribution in [0.25, 0.3) is 0 Å². The maximum Gasteiger partial charge on any atom is 0.313 e. The molecule has 2 fully saturated rings. The van der Waals surface area contributed by atoms with E-state index in [2.05, 4.69) is 6.08 Å². The smallest absolute Gasteiger partial charge is 0.313 e. The Labute approximate surface area is 159 Å². The van der Waals surface area contributed by atoms with Crippen LogP contribution >= 0.6 is 0 Å². The molecule has 27 heavy (non-hydrogen) atoms. The molecule has 0 amide bonds. The zero-order valence-electron chi connectivity index (χ0n) is 16.0. The van der Waals surface area contributed by atoms with E-state index in [0.29, 0.717) is 13.0 Å². The Bertz CT molecular complexity index is 727. The van der Waals surface area contributed by atoms with Crippen LogP contribution in [0.15, 0.2) is 35.9 Å². The predicted molar refractivity (Wildman–Crippen MR) is 97.1 cm³/mol. The highest BCUT2D eigenvalue weighted by Gasteiger charge is 2.63. The number of fused-ring (bicyclic) bond motifs is 1. The number of hydrogen-bond acceptors (Lipinski definition) is 6. The zero-order valence-corrected chi connectivity index (χ0v) is 16.0. The van der Waals surface area contributed by atoms with E-state index in [9.17, 15) is 4.79 Å². The first-order valence-electron chi connectivity index (χ1n) is 9.37. The number of esters is 1. The molecule has 3 aliphatic rings. The second-order valence-corrected chi connectivity index (χ2v) is 7.36. The van der Waals surface area contributed by atoms with E-state index in [-0.39, 0.29) is 30.0 Å². The van der Waals surface area contributed by atoms with Gasteiger partial charge < -0.3 is 23.7 Å². The Morgan fingerprint density at radius 2 is 2.00 bits per heavy atom. The van der Waals surface area contributed by atoms with Crippen molar-refractivity contribution in [3.63, 3.8) is 0 Å². The van der Waals surface area contributed by atoms with E-state index in [1.165, 1.54) is 7.11 Å². The van der Waals surface area contributed by atoms with Crippen LogP contribution in [0.4, 0.5) is 0 Å². The fourth-order valence-electron chi connectivity index (χ4n) is 4.71. The minimum Gasteiger partial charge on any atom is -0.497 e. The molecule has 6 heteroatoms. The molecule has 0 spiro atoms. The van der Waals surface area contributed by atoms with Crippen molar-refractivity contribution in [1.82, 2.24) is 0 Å². The normalized spacial score (nSPS) is 34.1. The van der Waals surface area contributed by atoms with Crippen LogP contribution in [0.2, 0.25) is 0 Å². The topological polar surface area (TPSA) is 63.2 Å². The summed E-state index contributed by atoms with van der Waals surface area (Å²) in [6.45, 7) is 0.453. The summed E-state index contributed by atoms with van der Waals surface area (Å²) in [5.41, 5.74) is 2.08. The van der Waals surface area contributed by atoms with Gasteiger partial charge >= 0.3 is 5.97 Å². The molecule has 0 N–H and O–H groups in total. The van der Waals surface area contributed by atoms with Crippen LogP contribution in [0.1, 0.15) is 24.8 Å². The Morgan fingerprint density at radius 1 is 1.22 bits per heavy atom. The maximum absolute atomic E-state index is 12.4. The van der Waals surface area contributed by atoms with Gasteiger partial charge in [0.15, 0.2) is 5.79 Å². The van der Waals surface area contributed by atoms with Crippen molar-refractivity contribution in [2.75, 3.05) is 21.3 Å². The summed E-state index contributed by atoms with van der Waals surface area (Å²) in [4.78, 5) is 12.4. The van der Waals surface area contributed by atoms with Crippen molar-refractivity contribution in [1.29, 1.82) is 0 Å². The van der Waals surface area contributed by atoms with Crippen molar-refractivity contribution < 1.29 is 28.5 Å². The van der Waals surface area contributed by atoms with E-state index in [1.54, 1.807) is 14.2 Å². The van der Waals surface area contributed by atoms with Gasteiger partial charge in [-0.3, -0.25) is 4.79 Å². The van der Waals surface area contributed by atoms with Gasteiger partial charge in [0, 0.05) is 19.4 Å². The third-order valence-corrected chi connectivity index (χ3v) is 6.06. The molecular weight excluding hydrogens is 348 g/mol. The summed E-state index contributed by atoms with van der Waals surface area (Å²) >= 11 is 0. The highest BCUT2D eigenvalue weighted by Crippen LogP contribution is 2.54. The molecule has 5 atom stereocenters. The summed E-state index contributed by atoms with van der Waals surface area (Å²) < 4.78 is 28.7. The monoisotopic (exact) mass is 374 g/mol. The van der Waals surface area contributed by atoms with Crippen LogP contribution in [-0.4, -0.2) is 45.3 Å². The van der Waals surface area contributed by atoms with Crippen molar-refractivity contribution in [2.45, 2.75) is 43.9 Å².